The van der Waals surface area contributed by atoms with Crippen molar-refractivity contribution in [2.45, 2.75) is 50.6 Å². The summed E-state index contributed by atoms with van der Waals surface area (Å²) in [6.45, 7) is 0.924. The van der Waals surface area contributed by atoms with E-state index in [-0.39, 0.29) is 0 Å². The number of unbranched alkanes of at least 4 members (excludes halogenated alkanes) is 1. The second-order valence-corrected chi connectivity index (χ2v) is 8.85. The Morgan fingerprint density at radius 3 is 2.56 bits per heavy atom. The molecule has 2 atom stereocenters. The summed E-state index contributed by atoms with van der Waals surface area (Å²) in [5, 5.41) is 0.699. The molecule has 0 aliphatic carbocycles. The van der Waals surface area contributed by atoms with E-state index >= 15 is 0 Å². The van der Waals surface area contributed by atoms with Crippen LogP contribution in [0.2, 0.25) is 0 Å². The van der Waals surface area contributed by atoms with E-state index in [2.05, 4.69) is 0 Å². The molecule has 1 aliphatic heterocycles. The molecule has 1 aromatic rings. The maximum Gasteiger partial charge on any atom is 0.347 e. The first-order valence-electron chi connectivity index (χ1n) is 8.94. The van der Waals surface area contributed by atoms with Crippen LogP contribution < -0.4 is 0 Å². The number of esters is 3. The van der Waals surface area contributed by atoms with Crippen LogP contribution in [0.1, 0.15) is 49.4 Å². The van der Waals surface area contributed by atoms with Crippen LogP contribution in [0.25, 0.3) is 0 Å². The molecule has 0 N–H and O–H groups in total. The van der Waals surface area contributed by atoms with Gasteiger partial charge < -0.3 is 14.2 Å². The van der Waals surface area contributed by atoms with E-state index < -0.39 is 30.8 Å². The van der Waals surface area contributed by atoms with E-state index in [1.165, 1.54) is 19.1 Å². The fourth-order valence-corrected chi connectivity index (χ4v) is 5.50. The summed E-state index contributed by atoms with van der Waals surface area (Å²) >= 11 is 0. The predicted molar refractivity (Wildman–Crippen MR) is 105 cm³/mol. The quantitative estimate of drug-likeness (QED) is 0.247. The molecular weight excluding hydrogens is 388 g/mol. The molecule has 1 saturated heterocycles. The highest BCUT2D eigenvalue weighted by molar-refractivity contribution is 8.77. The lowest BCUT2D eigenvalue weighted by Gasteiger charge is -2.14. The Labute approximate surface area is 167 Å². The molecule has 2 rings (SSSR count). The lowest BCUT2D eigenvalue weighted by Crippen LogP contribution is -2.25. The average molecular weight is 413 g/mol. The van der Waals surface area contributed by atoms with Gasteiger partial charge in [0.05, 0.1) is 5.56 Å². The molecule has 1 aromatic carbocycles. The van der Waals surface area contributed by atoms with Gasteiger partial charge >= 0.3 is 17.9 Å². The molecule has 0 aromatic heterocycles. The van der Waals surface area contributed by atoms with E-state index in [1.54, 1.807) is 30.3 Å². The molecule has 1 unspecified atom stereocenters. The first kappa shape index (κ1) is 21.6. The largest absolute Gasteiger partial charge is 0.450 e. The number of hydrogen-bond donors (Lipinski definition) is 0. The zero-order valence-electron chi connectivity index (χ0n) is 15.3. The molecule has 148 valence electrons. The Morgan fingerprint density at radius 1 is 1.11 bits per heavy atom. The molecule has 0 bridgehead atoms. The standard InChI is InChI=1S/C19H24O6S2/c1-14(24-17(20)10-6-5-9-16-11-12-26-27-16)25-18(21)13-23-19(22)15-7-3-2-4-8-15/h2-4,7-8,14,16H,5-6,9-13H2,1H3/t14?,16-/m1/s1. The van der Waals surface area contributed by atoms with Crippen molar-refractivity contribution in [3.05, 3.63) is 35.9 Å². The fraction of sp³-hybridized carbons (Fsp3) is 0.526. The Hall–Kier alpha value is -1.67. The van der Waals surface area contributed by atoms with Gasteiger partial charge in [-0.1, -0.05) is 46.2 Å². The third kappa shape index (κ3) is 8.71. The number of ether oxygens (including phenoxy) is 3. The first-order chi connectivity index (χ1) is 13.0. The summed E-state index contributed by atoms with van der Waals surface area (Å²) in [4.78, 5) is 35.2. The van der Waals surface area contributed by atoms with Crippen molar-refractivity contribution in [1.29, 1.82) is 0 Å². The number of rotatable bonds is 10. The highest BCUT2D eigenvalue weighted by Gasteiger charge is 2.18. The van der Waals surface area contributed by atoms with Crippen LogP contribution in [-0.2, 0) is 23.8 Å². The smallest absolute Gasteiger partial charge is 0.347 e. The highest BCUT2D eigenvalue weighted by atomic mass is 33.1. The average Bonchev–Trinajstić information content (AvgIpc) is 3.17. The van der Waals surface area contributed by atoms with Gasteiger partial charge in [0.15, 0.2) is 6.61 Å². The van der Waals surface area contributed by atoms with Crippen molar-refractivity contribution >= 4 is 39.5 Å². The lowest BCUT2D eigenvalue weighted by atomic mass is 10.1. The van der Waals surface area contributed by atoms with Gasteiger partial charge in [0.2, 0.25) is 6.29 Å². The van der Waals surface area contributed by atoms with Gasteiger partial charge in [0.1, 0.15) is 0 Å². The monoisotopic (exact) mass is 412 g/mol. The third-order valence-electron chi connectivity index (χ3n) is 3.81. The van der Waals surface area contributed by atoms with Crippen LogP contribution in [0.3, 0.4) is 0 Å². The Bertz CT molecular complexity index is 616. The molecule has 1 aliphatic rings. The van der Waals surface area contributed by atoms with Crippen LogP contribution in [-0.4, -0.2) is 41.8 Å². The summed E-state index contributed by atoms with van der Waals surface area (Å²) in [7, 11) is 3.84. The minimum atomic E-state index is -1.01. The van der Waals surface area contributed by atoms with Crippen LogP contribution in [0.15, 0.2) is 30.3 Å². The van der Waals surface area contributed by atoms with Gasteiger partial charge in [-0.2, -0.15) is 0 Å². The predicted octanol–water partition coefficient (Wildman–Crippen LogP) is 3.99. The zero-order chi connectivity index (χ0) is 19.5. The molecule has 8 heteroatoms. The van der Waals surface area contributed by atoms with E-state index in [1.807, 2.05) is 21.6 Å². The minimum Gasteiger partial charge on any atom is -0.450 e. The molecule has 1 fully saturated rings. The second kappa shape index (κ2) is 11.9. The molecule has 0 saturated carbocycles. The van der Waals surface area contributed by atoms with E-state index in [4.69, 9.17) is 14.2 Å². The maximum atomic E-state index is 11.8. The maximum absolute atomic E-state index is 11.8. The Morgan fingerprint density at radius 2 is 1.85 bits per heavy atom. The topological polar surface area (TPSA) is 78.9 Å². The van der Waals surface area contributed by atoms with Gasteiger partial charge in [-0.05, 0) is 31.4 Å². The van der Waals surface area contributed by atoms with Crippen molar-refractivity contribution in [2.24, 2.45) is 0 Å². The number of carbonyl (C=O) groups is 3. The van der Waals surface area contributed by atoms with Crippen molar-refractivity contribution < 1.29 is 28.6 Å². The Kier molecular flexibility index (Phi) is 9.55. The van der Waals surface area contributed by atoms with E-state index in [9.17, 15) is 14.4 Å². The number of carbonyl (C=O) groups excluding carboxylic acids is 3. The van der Waals surface area contributed by atoms with Crippen molar-refractivity contribution in [3.8, 4) is 0 Å². The van der Waals surface area contributed by atoms with Gasteiger partial charge in [-0.15, -0.1) is 0 Å². The fourth-order valence-electron chi connectivity index (χ4n) is 2.48. The molecule has 0 radical (unpaired) electrons. The lowest BCUT2D eigenvalue weighted by molar-refractivity contribution is -0.186. The summed E-state index contributed by atoms with van der Waals surface area (Å²) in [6, 6.07) is 8.34. The summed E-state index contributed by atoms with van der Waals surface area (Å²) in [5.74, 6) is -0.572. The van der Waals surface area contributed by atoms with Crippen molar-refractivity contribution in [1.82, 2.24) is 0 Å². The zero-order valence-corrected chi connectivity index (χ0v) is 16.9. The van der Waals surface area contributed by atoms with E-state index in [0.29, 0.717) is 17.2 Å². The van der Waals surface area contributed by atoms with Gasteiger partial charge in [-0.3, -0.25) is 4.79 Å². The number of hydrogen-bond acceptors (Lipinski definition) is 8. The van der Waals surface area contributed by atoms with Gasteiger partial charge in [0.25, 0.3) is 0 Å². The first-order valence-corrected chi connectivity index (χ1v) is 11.3. The van der Waals surface area contributed by atoms with Gasteiger partial charge in [0, 0.05) is 24.3 Å². The summed E-state index contributed by atoms with van der Waals surface area (Å²) in [6.07, 6.45) is 3.38. The third-order valence-corrected chi connectivity index (χ3v) is 6.82. The van der Waals surface area contributed by atoms with Gasteiger partial charge in [-0.25, -0.2) is 9.59 Å². The molecule has 0 spiro atoms. The van der Waals surface area contributed by atoms with Crippen LogP contribution in [0.4, 0.5) is 0 Å². The van der Waals surface area contributed by atoms with Crippen LogP contribution in [0, 0.1) is 0 Å². The molecule has 0 amide bonds. The van der Waals surface area contributed by atoms with Crippen molar-refractivity contribution in [3.63, 3.8) is 0 Å². The Balaban J connectivity index is 1.55. The molecule has 6 nitrogen and oxygen atoms in total. The molecule has 27 heavy (non-hydrogen) atoms. The summed E-state index contributed by atoms with van der Waals surface area (Å²) in [5.41, 5.74) is 0.347. The van der Waals surface area contributed by atoms with Crippen LogP contribution in [0.5, 0.6) is 0 Å². The van der Waals surface area contributed by atoms with E-state index in [0.717, 1.165) is 19.3 Å². The second-order valence-electron chi connectivity index (χ2n) is 6.06. The van der Waals surface area contributed by atoms with Crippen LogP contribution >= 0.6 is 21.6 Å². The molecular formula is C19H24O6S2. The highest BCUT2D eigenvalue weighted by Crippen LogP contribution is 2.39. The normalized spacial score (nSPS) is 17.1. The summed E-state index contributed by atoms with van der Waals surface area (Å²) < 4.78 is 14.8. The SMILES string of the molecule is CC(OC(=O)CCCC[C@@H]1CCSS1)OC(=O)COC(=O)c1ccccc1. The minimum absolute atomic E-state index is 0.301. The van der Waals surface area contributed by atoms with Crippen molar-refractivity contribution in [2.75, 3.05) is 12.4 Å². The number of benzene rings is 1. The molecule has 1 heterocycles.